The van der Waals surface area contributed by atoms with Crippen molar-refractivity contribution in [2.75, 3.05) is 0 Å². The molecule has 0 aliphatic heterocycles. The first-order chi connectivity index (χ1) is 17.9. The molecule has 0 amide bonds. The molecule has 3 aromatic rings. The average Bonchev–Trinajstić information content (AvgIpc) is 3.27. The summed E-state index contributed by atoms with van der Waals surface area (Å²) in [7, 11) is 0. The molecule has 1 heterocycles. The number of benzene rings is 2. The highest BCUT2D eigenvalue weighted by Gasteiger charge is 2.30. The van der Waals surface area contributed by atoms with Crippen molar-refractivity contribution >= 4 is 40.3 Å². The van der Waals surface area contributed by atoms with Crippen LogP contribution in [0.3, 0.4) is 0 Å². The Kier molecular flexibility index (Phi) is 12.1. The summed E-state index contributed by atoms with van der Waals surface area (Å²) in [5.74, 6) is -0.660. The predicted octanol–water partition coefficient (Wildman–Crippen LogP) is 11.0. The molecule has 1 aromatic heterocycles. The van der Waals surface area contributed by atoms with Crippen molar-refractivity contribution in [2.45, 2.75) is 72.4 Å². The van der Waals surface area contributed by atoms with Crippen LogP contribution < -0.4 is 0 Å². The molecule has 2 nitrogen and oxygen atoms in total. The molecule has 0 spiro atoms. The molecule has 1 N–H and O–H groups in total. The van der Waals surface area contributed by atoms with Gasteiger partial charge in [0, 0.05) is 34.4 Å². The predicted molar refractivity (Wildman–Crippen MR) is 153 cm³/mol. The van der Waals surface area contributed by atoms with E-state index in [0.717, 1.165) is 53.9 Å². The van der Waals surface area contributed by atoms with Crippen LogP contribution in [0, 0.1) is 5.82 Å². The fraction of sp³-hybridized carbons (Fsp3) is 0.367. The van der Waals surface area contributed by atoms with Crippen LogP contribution in [0.4, 0.5) is 17.6 Å². The molecule has 8 heteroatoms. The number of aryl methyl sites for hydroxylation is 1. The van der Waals surface area contributed by atoms with E-state index in [-0.39, 0.29) is 10.9 Å². The van der Waals surface area contributed by atoms with Crippen LogP contribution in [-0.2, 0) is 12.6 Å². The summed E-state index contributed by atoms with van der Waals surface area (Å²) in [6, 6.07) is 8.36. The minimum atomic E-state index is -4.37. The molecule has 0 fully saturated rings. The van der Waals surface area contributed by atoms with Gasteiger partial charge in [0.15, 0.2) is 5.82 Å². The van der Waals surface area contributed by atoms with Crippen molar-refractivity contribution in [3.63, 3.8) is 0 Å². The summed E-state index contributed by atoms with van der Waals surface area (Å²) < 4.78 is 53.1. The number of nitrogens with one attached hydrogen (secondary N) is 1. The number of H-pyrrole nitrogens is 1. The first-order valence-electron chi connectivity index (χ1n) is 12.6. The largest absolute Gasteiger partial charge is 0.416 e. The van der Waals surface area contributed by atoms with E-state index in [1.54, 1.807) is 12.3 Å². The Balaban J connectivity index is 0.000000391. The van der Waals surface area contributed by atoms with Crippen molar-refractivity contribution in [1.82, 2.24) is 4.98 Å². The van der Waals surface area contributed by atoms with Crippen LogP contribution in [0.1, 0.15) is 82.2 Å². The monoisotopic (exact) mass is 568 g/mol. The molecule has 0 saturated heterocycles. The fourth-order valence-corrected chi connectivity index (χ4v) is 4.21. The highest BCUT2D eigenvalue weighted by atomic mass is 35.5. The molecule has 2 aromatic carbocycles. The normalized spacial score (nSPS) is 13.7. The Hall–Kier alpha value is -2.57. The number of halogens is 6. The van der Waals surface area contributed by atoms with E-state index in [9.17, 15) is 17.6 Å². The molecule has 1 atom stereocenters. The van der Waals surface area contributed by atoms with Crippen molar-refractivity contribution in [1.29, 1.82) is 0 Å². The number of alkyl halides is 3. The molecule has 3 rings (SSSR count). The number of aromatic nitrogens is 1. The Morgan fingerprint density at radius 1 is 1.11 bits per heavy atom. The SMILES string of the molecule is CCCCc1c(C(C)c2ccc(C(F)(F)F)cc2)[nH]c2ccc(Cl)c(F)c12.C\C=C(Cl)/C=N/C(C)=C/CC. The molecule has 0 saturated carbocycles. The van der Waals surface area contributed by atoms with E-state index < -0.39 is 17.6 Å². The topological polar surface area (TPSA) is 28.1 Å². The van der Waals surface area contributed by atoms with E-state index in [1.807, 2.05) is 26.8 Å². The number of nitrogens with zero attached hydrogens (tertiary/aromatic N) is 1. The highest BCUT2D eigenvalue weighted by molar-refractivity contribution is 6.39. The first kappa shape index (κ1) is 31.6. The van der Waals surface area contributed by atoms with Gasteiger partial charge in [0.05, 0.1) is 15.6 Å². The minimum Gasteiger partial charge on any atom is -0.358 e. The van der Waals surface area contributed by atoms with Crippen molar-refractivity contribution in [2.24, 2.45) is 4.99 Å². The number of fused-ring (bicyclic) bond motifs is 1. The van der Waals surface area contributed by atoms with Crippen LogP contribution in [0.5, 0.6) is 0 Å². The van der Waals surface area contributed by atoms with E-state index in [1.165, 1.54) is 18.2 Å². The van der Waals surface area contributed by atoms with Gasteiger partial charge in [0.25, 0.3) is 0 Å². The molecule has 0 aliphatic rings. The Morgan fingerprint density at radius 3 is 2.32 bits per heavy atom. The number of allylic oxidation sites excluding steroid dienone is 4. The lowest BCUT2D eigenvalue weighted by molar-refractivity contribution is -0.137. The van der Waals surface area contributed by atoms with Crippen molar-refractivity contribution in [3.05, 3.63) is 92.5 Å². The summed E-state index contributed by atoms with van der Waals surface area (Å²) in [6.45, 7) is 9.88. The van der Waals surface area contributed by atoms with Gasteiger partial charge in [-0.25, -0.2) is 4.39 Å². The second-order valence-electron chi connectivity index (χ2n) is 8.93. The third-order valence-electron chi connectivity index (χ3n) is 6.11. The zero-order valence-corrected chi connectivity index (χ0v) is 23.8. The molecule has 1 unspecified atom stereocenters. The summed E-state index contributed by atoms with van der Waals surface area (Å²) in [5, 5.41) is 1.21. The number of hydrogen-bond donors (Lipinski definition) is 1. The third-order valence-corrected chi connectivity index (χ3v) is 6.72. The Labute approximate surface area is 232 Å². The van der Waals surface area contributed by atoms with Gasteiger partial charge in [-0.05, 0) is 68.5 Å². The van der Waals surface area contributed by atoms with E-state index in [2.05, 4.69) is 29.9 Å². The molecular weight excluding hydrogens is 535 g/mol. The van der Waals surface area contributed by atoms with Crippen LogP contribution in [0.2, 0.25) is 5.02 Å². The molecule has 0 radical (unpaired) electrons. The molecular formula is C30H34Cl2F4N2. The van der Waals surface area contributed by atoms with E-state index in [0.29, 0.717) is 22.4 Å². The summed E-state index contributed by atoms with van der Waals surface area (Å²) in [4.78, 5) is 7.38. The molecule has 206 valence electrons. The van der Waals surface area contributed by atoms with E-state index >= 15 is 0 Å². The Morgan fingerprint density at radius 2 is 1.76 bits per heavy atom. The molecule has 0 bridgehead atoms. The highest BCUT2D eigenvalue weighted by Crippen LogP contribution is 2.37. The lowest BCUT2D eigenvalue weighted by atomic mass is 9.92. The summed E-state index contributed by atoms with van der Waals surface area (Å²) in [6.07, 6.45) is 4.66. The van der Waals surface area contributed by atoms with Crippen LogP contribution in [-0.4, -0.2) is 11.2 Å². The van der Waals surface area contributed by atoms with Gasteiger partial charge in [-0.1, -0.05) is 74.7 Å². The zero-order chi connectivity index (χ0) is 28.5. The smallest absolute Gasteiger partial charge is 0.358 e. The maximum Gasteiger partial charge on any atom is 0.416 e. The van der Waals surface area contributed by atoms with Crippen LogP contribution in [0.25, 0.3) is 10.9 Å². The summed E-state index contributed by atoms with van der Waals surface area (Å²) in [5.41, 5.74) is 3.38. The quantitative estimate of drug-likeness (QED) is 0.207. The maximum atomic E-state index is 14.7. The van der Waals surface area contributed by atoms with Crippen LogP contribution >= 0.6 is 23.2 Å². The number of hydrogen-bond acceptors (Lipinski definition) is 1. The second-order valence-corrected chi connectivity index (χ2v) is 9.78. The van der Waals surface area contributed by atoms with Crippen LogP contribution in [0.15, 0.2) is 64.3 Å². The van der Waals surface area contributed by atoms with Crippen molar-refractivity contribution in [3.8, 4) is 0 Å². The van der Waals surface area contributed by atoms with E-state index in [4.69, 9.17) is 23.2 Å². The lowest BCUT2D eigenvalue weighted by Crippen LogP contribution is -2.06. The summed E-state index contributed by atoms with van der Waals surface area (Å²) >= 11 is 11.7. The lowest BCUT2D eigenvalue weighted by Gasteiger charge is -2.15. The van der Waals surface area contributed by atoms with Gasteiger partial charge >= 0.3 is 6.18 Å². The third kappa shape index (κ3) is 8.47. The van der Waals surface area contributed by atoms with Gasteiger partial charge in [-0.3, -0.25) is 4.99 Å². The number of aliphatic imine (C=N–C) groups is 1. The Bertz CT molecular complexity index is 1290. The number of aromatic amines is 1. The van der Waals surface area contributed by atoms with Gasteiger partial charge in [-0.2, -0.15) is 13.2 Å². The average molecular weight is 570 g/mol. The van der Waals surface area contributed by atoms with Gasteiger partial charge in [0.2, 0.25) is 0 Å². The van der Waals surface area contributed by atoms with Gasteiger partial charge < -0.3 is 4.98 Å². The fourth-order valence-electron chi connectivity index (χ4n) is 4.00. The maximum absolute atomic E-state index is 14.7. The minimum absolute atomic E-state index is 0.0629. The van der Waals surface area contributed by atoms with Gasteiger partial charge in [0.1, 0.15) is 0 Å². The molecule has 0 aliphatic carbocycles. The standard InChI is InChI=1S/C21H20ClF4N.C9H14ClN/c1-3-4-5-15-18-17(11-10-16(22)19(18)23)27-20(15)12(2)13-6-8-14(9-7-13)21(24,25)26;1-4-6-8(3)11-7-9(10)5-2/h6-12,27H,3-5H2,1-2H3;5-7H,4H2,1-3H3/b;8-6+,9-5+,11-7+. The van der Waals surface area contributed by atoms with Gasteiger partial charge in [-0.15, -0.1) is 0 Å². The number of unbranched alkanes of at least 4 members (excludes halogenated alkanes) is 1. The first-order valence-corrected chi connectivity index (χ1v) is 13.4. The number of rotatable bonds is 8. The zero-order valence-electron chi connectivity index (χ0n) is 22.3. The molecule has 38 heavy (non-hydrogen) atoms. The second kappa shape index (κ2) is 14.5. The van der Waals surface area contributed by atoms with Crippen molar-refractivity contribution < 1.29 is 17.6 Å².